The van der Waals surface area contributed by atoms with Gasteiger partial charge in [-0.05, 0) is 49.6 Å². The molecule has 2 aliphatic rings. The minimum atomic E-state index is -0.385. The highest BCUT2D eigenvalue weighted by Gasteiger charge is 2.39. The highest BCUT2D eigenvalue weighted by Crippen LogP contribution is 2.34. The Morgan fingerprint density at radius 1 is 1.19 bits per heavy atom. The summed E-state index contributed by atoms with van der Waals surface area (Å²) in [5, 5.41) is 10.4. The van der Waals surface area contributed by atoms with Crippen molar-refractivity contribution in [3.8, 4) is 0 Å². The van der Waals surface area contributed by atoms with Crippen molar-refractivity contribution in [2.45, 2.75) is 44.7 Å². The lowest BCUT2D eigenvalue weighted by molar-refractivity contribution is -0.139. The number of carbonyl (C=O) groups is 1. The Hall–Kier alpha value is -2.51. The normalized spacial score (nSPS) is 22.9. The third-order valence-electron chi connectivity index (χ3n) is 6.90. The Kier molecular flexibility index (Phi) is 5.63. The molecule has 1 amide bonds. The number of amides is 1. The van der Waals surface area contributed by atoms with Gasteiger partial charge in [-0.3, -0.25) is 14.5 Å². The van der Waals surface area contributed by atoms with Crippen LogP contribution < -0.4 is 5.56 Å². The number of nitrogens with one attached hydrogen (secondary N) is 1. The Bertz CT molecular complexity index is 1130. The number of H-pyrrole nitrogens is 1. The zero-order chi connectivity index (χ0) is 21.4. The van der Waals surface area contributed by atoms with Crippen molar-refractivity contribution in [3.63, 3.8) is 0 Å². The molecule has 0 bridgehead atoms. The second kappa shape index (κ2) is 8.55. The number of nitrogens with zero attached hydrogens (tertiary/aromatic N) is 3. The molecule has 0 radical (unpaired) electrons. The molecule has 0 saturated carbocycles. The van der Waals surface area contributed by atoms with E-state index >= 15 is 0 Å². The minimum absolute atomic E-state index is 0.131. The number of piperidine rings is 2. The second-order valence-corrected chi connectivity index (χ2v) is 9.84. The fraction of sp³-hybridized carbons (Fsp3) is 0.458. The van der Waals surface area contributed by atoms with Crippen LogP contribution in [0, 0.1) is 5.92 Å². The molecule has 2 fully saturated rings. The minimum Gasteiger partial charge on any atom is -0.339 e. The molecule has 1 unspecified atom stereocenters. The van der Waals surface area contributed by atoms with E-state index < -0.39 is 0 Å². The molecule has 7 heteroatoms. The molecule has 0 aliphatic carbocycles. The number of rotatable bonds is 4. The Balaban J connectivity index is 1.34. The zero-order valence-corrected chi connectivity index (χ0v) is 18.6. The highest BCUT2D eigenvalue weighted by atomic mass is 32.1. The van der Waals surface area contributed by atoms with E-state index in [4.69, 9.17) is 0 Å². The number of aromatic nitrogens is 2. The summed E-state index contributed by atoms with van der Waals surface area (Å²) >= 11 is 1.82. The fourth-order valence-electron chi connectivity index (χ4n) is 5.35. The van der Waals surface area contributed by atoms with Crippen LogP contribution in [-0.2, 0) is 11.3 Å². The van der Waals surface area contributed by atoms with E-state index in [1.165, 1.54) is 11.3 Å². The molecule has 2 aliphatic heterocycles. The molecule has 31 heavy (non-hydrogen) atoms. The van der Waals surface area contributed by atoms with Gasteiger partial charge in [0.2, 0.25) is 5.91 Å². The van der Waals surface area contributed by atoms with Crippen molar-refractivity contribution in [1.82, 2.24) is 20.0 Å². The Labute approximate surface area is 185 Å². The number of fused-ring (bicyclic) bond motifs is 2. The van der Waals surface area contributed by atoms with Crippen molar-refractivity contribution < 1.29 is 4.79 Å². The molecular weight excluding hydrogens is 408 g/mol. The highest BCUT2D eigenvalue weighted by molar-refractivity contribution is 7.09. The lowest BCUT2D eigenvalue weighted by Gasteiger charge is -2.47. The lowest BCUT2D eigenvalue weighted by atomic mass is 9.83. The SMILES string of the molecule is CC(C(=O)N1CCC[C@@H]2CN(Cc3cccs3)CC[C@H]21)c1n[nH]c(=O)c2ccccc12. The van der Waals surface area contributed by atoms with Gasteiger partial charge >= 0.3 is 0 Å². The van der Waals surface area contributed by atoms with Gasteiger partial charge in [0.1, 0.15) is 0 Å². The summed E-state index contributed by atoms with van der Waals surface area (Å²) in [5.74, 6) is 0.273. The van der Waals surface area contributed by atoms with Crippen LogP contribution in [0.2, 0.25) is 0 Å². The molecule has 5 rings (SSSR count). The predicted molar refractivity (Wildman–Crippen MR) is 123 cm³/mol. The van der Waals surface area contributed by atoms with Crippen molar-refractivity contribution in [1.29, 1.82) is 0 Å². The first-order chi connectivity index (χ1) is 15.1. The number of likely N-dealkylation sites (tertiary alicyclic amines) is 2. The molecule has 4 heterocycles. The third kappa shape index (κ3) is 3.92. The predicted octanol–water partition coefficient (Wildman–Crippen LogP) is 3.60. The van der Waals surface area contributed by atoms with Crippen molar-refractivity contribution >= 4 is 28.0 Å². The number of benzene rings is 1. The topological polar surface area (TPSA) is 69.3 Å². The van der Waals surface area contributed by atoms with E-state index in [1.54, 1.807) is 6.07 Å². The van der Waals surface area contributed by atoms with E-state index in [0.29, 0.717) is 23.0 Å². The van der Waals surface area contributed by atoms with E-state index in [1.807, 2.05) is 36.5 Å². The molecule has 1 aromatic carbocycles. The van der Waals surface area contributed by atoms with Crippen molar-refractivity contribution in [2.24, 2.45) is 5.92 Å². The lowest BCUT2D eigenvalue weighted by Crippen LogP contribution is -2.56. The van der Waals surface area contributed by atoms with Crippen molar-refractivity contribution in [3.05, 3.63) is 62.7 Å². The molecule has 2 saturated heterocycles. The van der Waals surface area contributed by atoms with Gasteiger partial charge in [-0.1, -0.05) is 24.3 Å². The quantitative estimate of drug-likeness (QED) is 0.679. The van der Waals surface area contributed by atoms with Crippen LogP contribution in [0.5, 0.6) is 0 Å². The summed E-state index contributed by atoms with van der Waals surface area (Å²) in [7, 11) is 0. The second-order valence-electron chi connectivity index (χ2n) is 8.81. The number of hydrogen-bond acceptors (Lipinski definition) is 5. The summed E-state index contributed by atoms with van der Waals surface area (Å²) in [5.41, 5.74) is 0.451. The van der Waals surface area contributed by atoms with Crippen LogP contribution in [0.25, 0.3) is 10.8 Å². The number of hydrogen-bond donors (Lipinski definition) is 1. The molecule has 162 valence electrons. The van der Waals surface area contributed by atoms with Crippen LogP contribution in [0.15, 0.2) is 46.6 Å². The van der Waals surface area contributed by atoms with Crippen LogP contribution in [0.1, 0.15) is 42.7 Å². The number of thiophene rings is 1. The van der Waals surface area contributed by atoms with Crippen LogP contribution >= 0.6 is 11.3 Å². The summed E-state index contributed by atoms with van der Waals surface area (Å²) < 4.78 is 0. The smallest absolute Gasteiger partial charge is 0.272 e. The van der Waals surface area contributed by atoms with Gasteiger partial charge in [0, 0.05) is 42.5 Å². The van der Waals surface area contributed by atoms with Gasteiger partial charge in [0.25, 0.3) is 5.56 Å². The fourth-order valence-corrected chi connectivity index (χ4v) is 6.10. The molecule has 2 aromatic heterocycles. The van der Waals surface area contributed by atoms with Crippen LogP contribution in [0.3, 0.4) is 0 Å². The Morgan fingerprint density at radius 3 is 2.84 bits per heavy atom. The van der Waals surface area contributed by atoms with Crippen molar-refractivity contribution in [2.75, 3.05) is 19.6 Å². The van der Waals surface area contributed by atoms with Gasteiger partial charge in [-0.25, -0.2) is 5.10 Å². The molecule has 3 aromatic rings. The molecule has 6 nitrogen and oxygen atoms in total. The van der Waals surface area contributed by atoms with Gasteiger partial charge in [0.05, 0.1) is 17.0 Å². The van der Waals surface area contributed by atoms with Gasteiger partial charge in [-0.2, -0.15) is 5.10 Å². The first-order valence-corrected chi connectivity index (χ1v) is 12.0. The summed E-state index contributed by atoms with van der Waals surface area (Å²) in [6, 6.07) is 12.0. The number of aromatic amines is 1. The van der Waals surface area contributed by atoms with Gasteiger partial charge < -0.3 is 4.90 Å². The average molecular weight is 437 g/mol. The van der Waals surface area contributed by atoms with Gasteiger partial charge in [-0.15, -0.1) is 11.3 Å². The summed E-state index contributed by atoms with van der Waals surface area (Å²) in [6.45, 7) is 5.83. The molecule has 0 spiro atoms. The Morgan fingerprint density at radius 2 is 2.03 bits per heavy atom. The summed E-state index contributed by atoms with van der Waals surface area (Å²) in [6.07, 6.45) is 3.25. The largest absolute Gasteiger partial charge is 0.339 e. The average Bonchev–Trinajstić information content (AvgIpc) is 3.31. The maximum Gasteiger partial charge on any atom is 0.272 e. The van der Waals surface area contributed by atoms with E-state index in [9.17, 15) is 9.59 Å². The van der Waals surface area contributed by atoms with Gasteiger partial charge in [0.15, 0.2) is 0 Å². The first-order valence-electron chi connectivity index (χ1n) is 11.1. The van der Waals surface area contributed by atoms with E-state index in [2.05, 4.69) is 37.5 Å². The summed E-state index contributed by atoms with van der Waals surface area (Å²) in [4.78, 5) is 31.8. The first kappa shape index (κ1) is 20.4. The van der Waals surface area contributed by atoms with E-state index in [-0.39, 0.29) is 17.4 Å². The zero-order valence-electron chi connectivity index (χ0n) is 17.8. The standard InChI is InChI=1S/C24H28N4O2S/c1-16(22-19-8-2-3-9-20(19)23(29)26-25-22)24(30)28-11-4-6-17-14-27(12-10-21(17)28)15-18-7-5-13-31-18/h2-3,5,7-9,13,16-17,21H,4,6,10-12,14-15H2,1H3,(H,26,29)/t16?,17-,21-/m1/s1. The monoisotopic (exact) mass is 436 g/mol. The third-order valence-corrected chi connectivity index (χ3v) is 7.76. The maximum absolute atomic E-state index is 13.6. The maximum atomic E-state index is 13.6. The number of carbonyl (C=O) groups excluding carboxylic acids is 1. The van der Waals surface area contributed by atoms with Crippen LogP contribution in [-0.4, -0.2) is 51.6 Å². The van der Waals surface area contributed by atoms with Crippen LogP contribution in [0.4, 0.5) is 0 Å². The molecular formula is C24H28N4O2S. The van der Waals surface area contributed by atoms with E-state index in [0.717, 1.165) is 44.4 Å². The molecule has 3 atom stereocenters. The molecule has 1 N–H and O–H groups in total.